The highest BCUT2D eigenvalue weighted by atomic mass is 32.2. The summed E-state index contributed by atoms with van der Waals surface area (Å²) in [6.45, 7) is 9.28. The number of aromatic nitrogens is 2. The fourth-order valence-electron chi connectivity index (χ4n) is 5.03. The summed E-state index contributed by atoms with van der Waals surface area (Å²) >= 11 is 0. The Morgan fingerprint density at radius 1 is 1.06 bits per heavy atom. The number of anilines is 1. The Morgan fingerprint density at radius 2 is 1.77 bits per heavy atom. The maximum atomic E-state index is 13.7. The molecule has 2 fully saturated rings. The second-order valence-corrected chi connectivity index (χ2v) is 11.6. The topological polar surface area (TPSA) is 105 Å². The molecule has 0 aliphatic carbocycles. The van der Waals surface area contributed by atoms with Crippen LogP contribution in [-0.2, 0) is 26.2 Å². The molecule has 0 saturated carbocycles. The van der Waals surface area contributed by atoms with E-state index in [0.29, 0.717) is 30.8 Å². The molecule has 0 bridgehead atoms. The summed E-state index contributed by atoms with van der Waals surface area (Å²) in [4.78, 5) is 27.6. The third-order valence-corrected chi connectivity index (χ3v) is 9.39. The van der Waals surface area contributed by atoms with Gasteiger partial charge in [-0.1, -0.05) is 12.1 Å². The molecule has 1 aromatic carbocycles. The van der Waals surface area contributed by atoms with Crippen LogP contribution < -0.4 is 5.32 Å². The first kappa shape index (κ1) is 25.4. The smallest absolute Gasteiger partial charge is 0.246 e. The van der Waals surface area contributed by atoms with Crippen molar-refractivity contribution >= 4 is 27.5 Å². The maximum absolute atomic E-state index is 13.7. The van der Waals surface area contributed by atoms with Crippen LogP contribution in [0.15, 0.2) is 23.1 Å². The van der Waals surface area contributed by atoms with Gasteiger partial charge in [-0.25, -0.2) is 8.42 Å². The number of carbonyl (C=O) groups excluding carboxylic acids is 2. The Bertz CT molecular complexity index is 1230. The van der Waals surface area contributed by atoms with Crippen LogP contribution in [0.1, 0.15) is 48.2 Å². The van der Waals surface area contributed by atoms with Crippen molar-refractivity contribution in [1.82, 2.24) is 19.0 Å². The van der Waals surface area contributed by atoms with Crippen LogP contribution in [0.5, 0.6) is 0 Å². The normalized spacial score (nSPS) is 19.2. The Morgan fingerprint density at radius 3 is 2.49 bits per heavy atom. The monoisotopic (exact) mass is 501 g/mol. The van der Waals surface area contributed by atoms with Gasteiger partial charge in [0.2, 0.25) is 21.8 Å². The van der Waals surface area contributed by atoms with E-state index in [1.165, 1.54) is 8.99 Å². The van der Waals surface area contributed by atoms with Crippen molar-refractivity contribution in [1.29, 1.82) is 0 Å². The number of aryl methyl sites for hydroxylation is 2. The number of rotatable bonds is 6. The van der Waals surface area contributed by atoms with Crippen LogP contribution in [0.25, 0.3) is 0 Å². The molecule has 1 atom stereocenters. The number of likely N-dealkylation sites (tertiary alicyclic amines) is 1. The Hall–Kier alpha value is -2.72. The predicted molar refractivity (Wildman–Crippen MR) is 134 cm³/mol. The molecular weight excluding hydrogens is 466 g/mol. The van der Waals surface area contributed by atoms with Gasteiger partial charge in [0.15, 0.2) is 0 Å². The van der Waals surface area contributed by atoms with E-state index >= 15 is 0 Å². The van der Waals surface area contributed by atoms with Crippen molar-refractivity contribution in [2.45, 2.75) is 64.8 Å². The Balaban J connectivity index is 1.50. The number of piperidine rings is 1. The molecule has 35 heavy (non-hydrogen) atoms. The van der Waals surface area contributed by atoms with Gasteiger partial charge in [0.1, 0.15) is 11.4 Å². The first-order valence-electron chi connectivity index (χ1n) is 12.3. The van der Waals surface area contributed by atoms with Crippen LogP contribution in [0.4, 0.5) is 5.69 Å². The molecule has 0 unspecified atom stereocenters. The minimum Gasteiger partial charge on any atom is -0.341 e. The molecular formula is C25H35N5O4S. The van der Waals surface area contributed by atoms with Gasteiger partial charge in [0, 0.05) is 31.9 Å². The van der Waals surface area contributed by atoms with E-state index < -0.39 is 15.9 Å². The van der Waals surface area contributed by atoms with Gasteiger partial charge >= 0.3 is 0 Å². The maximum Gasteiger partial charge on any atom is 0.246 e. The first-order valence-corrected chi connectivity index (χ1v) is 13.7. The van der Waals surface area contributed by atoms with Crippen molar-refractivity contribution < 1.29 is 18.0 Å². The summed E-state index contributed by atoms with van der Waals surface area (Å²) in [5, 5.41) is 7.38. The lowest BCUT2D eigenvalue weighted by Gasteiger charge is -2.31. The van der Waals surface area contributed by atoms with Crippen LogP contribution in [0.3, 0.4) is 0 Å². The number of hydrogen-bond acceptors (Lipinski definition) is 5. The van der Waals surface area contributed by atoms with Crippen molar-refractivity contribution in [3.63, 3.8) is 0 Å². The largest absolute Gasteiger partial charge is 0.341 e. The molecule has 2 amide bonds. The summed E-state index contributed by atoms with van der Waals surface area (Å²) in [5.41, 5.74) is 3.67. The fraction of sp³-hybridized carbons (Fsp3) is 0.560. The molecule has 1 N–H and O–H groups in total. The van der Waals surface area contributed by atoms with Crippen molar-refractivity contribution in [2.24, 2.45) is 5.92 Å². The van der Waals surface area contributed by atoms with Gasteiger partial charge in [-0.2, -0.15) is 9.40 Å². The second kappa shape index (κ2) is 10.1. The lowest BCUT2D eigenvalue weighted by atomic mass is 9.98. The highest BCUT2D eigenvalue weighted by Gasteiger charge is 2.37. The van der Waals surface area contributed by atoms with Crippen molar-refractivity contribution in [3.05, 3.63) is 40.7 Å². The van der Waals surface area contributed by atoms with E-state index in [0.717, 1.165) is 42.7 Å². The number of amides is 2. The molecule has 2 saturated heterocycles. The molecule has 190 valence electrons. The zero-order chi connectivity index (χ0) is 25.3. The van der Waals surface area contributed by atoms with E-state index in [-0.39, 0.29) is 29.8 Å². The van der Waals surface area contributed by atoms with E-state index in [4.69, 9.17) is 0 Å². The number of sulfonamides is 1. The average Bonchev–Trinajstić information content (AvgIpc) is 3.45. The van der Waals surface area contributed by atoms with Gasteiger partial charge < -0.3 is 10.2 Å². The van der Waals surface area contributed by atoms with Gasteiger partial charge in [-0.15, -0.1) is 0 Å². The van der Waals surface area contributed by atoms with Crippen molar-refractivity contribution in [3.8, 4) is 0 Å². The van der Waals surface area contributed by atoms with E-state index in [2.05, 4.69) is 10.4 Å². The Kier molecular flexibility index (Phi) is 7.32. The zero-order valence-corrected chi connectivity index (χ0v) is 21.8. The standard InChI is InChI=1S/C25H35N5O4S/c1-17-9-7-11-22(18(17)2)26-25(32)21-10-8-14-29(15-21)35(33,34)24-19(3)27-30(20(24)4)16-23(31)28-12-5-6-13-28/h7,9,11,21H,5-6,8,10,12-16H2,1-4H3,(H,26,32)/t21-/m1/s1. The minimum absolute atomic E-state index is 0.0308. The first-order chi connectivity index (χ1) is 16.6. The molecule has 2 aromatic rings. The molecule has 4 rings (SSSR count). The highest BCUT2D eigenvalue weighted by Crippen LogP contribution is 2.29. The zero-order valence-electron chi connectivity index (χ0n) is 21.0. The molecule has 9 nitrogen and oxygen atoms in total. The second-order valence-electron chi connectivity index (χ2n) is 9.68. The fourth-order valence-corrected chi connectivity index (χ4v) is 6.92. The van der Waals surface area contributed by atoms with E-state index in [1.807, 2.05) is 32.0 Å². The number of nitrogens with zero attached hydrogens (tertiary/aromatic N) is 4. The summed E-state index contributed by atoms with van der Waals surface area (Å²) in [5.74, 6) is -0.650. The van der Waals surface area contributed by atoms with Gasteiger partial charge in [0.25, 0.3) is 0 Å². The molecule has 0 radical (unpaired) electrons. The van der Waals surface area contributed by atoms with Crippen LogP contribution in [-0.4, -0.2) is 65.4 Å². The van der Waals surface area contributed by atoms with Crippen LogP contribution in [0, 0.1) is 33.6 Å². The summed E-state index contributed by atoms with van der Waals surface area (Å²) in [6.07, 6.45) is 3.22. The van der Waals surface area contributed by atoms with E-state index in [1.54, 1.807) is 18.7 Å². The lowest BCUT2D eigenvalue weighted by molar-refractivity contribution is -0.131. The number of hydrogen-bond donors (Lipinski definition) is 1. The quantitative estimate of drug-likeness (QED) is 0.655. The summed E-state index contributed by atoms with van der Waals surface area (Å²) < 4.78 is 30.2. The predicted octanol–water partition coefficient (Wildman–Crippen LogP) is 2.78. The summed E-state index contributed by atoms with van der Waals surface area (Å²) in [6, 6.07) is 5.75. The SMILES string of the molecule is Cc1cccc(NC(=O)[C@@H]2CCCN(S(=O)(=O)c3c(C)nn(CC(=O)N4CCCC4)c3C)C2)c1C. The van der Waals surface area contributed by atoms with Gasteiger partial charge in [0.05, 0.1) is 17.3 Å². The van der Waals surface area contributed by atoms with Crippen molar-refractivity contribution in [2.75, 3.05) is 31.5 Å². The average molecular weight is 502 g/mol. The molecule has 1 aromatic heterocycles. The molecule has 0 spiro atoms. The molecule has 3 heterocycles. The molecule has 2 aliphatic rings. The number of nitrogens with one attached hydrogen (secondary N) is 1. The molecule has 2 aliphatic heterocycles. The molecule has 10 heteroatoms. The minimum atomic E-state index is -3.87. The van der Waals surface area contributed by atoms with E-state index in [9.17, 15) is 18.0 Å². The van der Waals surface area contributed by atoms with Crippen LogP contribution in [0.2, 0.25) is 0 Å². The Labute approximate surface area is 207 Å². The number of carbonyl (C=O) groups is 2. The third kappa shape index (κ3) is 5.13. The third-order valence-electron chi connectivity index (χ3n) is 7.27. The highest BCUT2D eigenvalue weighted by molar-refractivity contribution is 7.89. The van der Waals surface area contributed by atoms with Gasteiger partial charge in [-0.05, 0) is 70.6 Å². The summed E-state index contributed by atoms with van der Waals surface area (Å²) in [7, 11) is -3.87. The lowest BCUT2D eigenvalue weighted by Crippen LogP contribution is -2.44. The van der Waals surface area contributed by atoms with Crippen LogP contribution >= 0.6 is 0 Å². The van der Waals surface area contributed by atoms with Gasteiger partial charge in [-0.3, -0.25) is 14.3 Å². The number of benzene rings is 1.